The highest BCUT2D eigenvalue weighted by Gasteiger charge is 2.03. The van der Waals surface area contributed by atoms with Crippen molar-refractivity contribution in [3.63, 3.8) is 0 Å². The molecule has 0 saturated heterocycles. The van der Waals surface area contributed by atoms with E-state index < -0.39 is 0 Å². The summed E-state index contributed by atoms with van der Waals surface area (Å²) in [4.78, 5) is 5.20. The molecular weight excluding hydrogens is 286 g/mol. The Bertz CT molecular complexity index is 692. The molecule has 2 rings (SSSR count). The maximum absolute atomic E-state index is 8.97. The molecule has 21 heavy (non-hydrogen) atoms. The lowest BCUT2D eigenvalue weighted by Crippen LogP contribution is -2.15. The minimum Gasteiger partial charge on any atom is -0.389 e. The fourth-order valence-corrected chi connectivity index (χ4v) is 2.01. The number of hydrogen-bond donors (Lipinski definition) is 1. The molecule has 0 heterocycles. The molecule has 0 aromatic heterocycles. The van der Waals surface area contributed by atoms with E-state index >= 15 is 0 Å². The zero-order valence-electron chi connectivity index (χ0n) is 11.3. The number of hydrogen-bond acceptors (Lipinski definition) is 3. The van der Waals surface area contributed by atoms with Gasteiger partial charge < -0.3 is 10.6 Å². The molecule has 4 nitrogen and oxygen atoms in total. The van der Waals surface area contributed by atoms with Gasteiger partial charge in [-0.05, 0) is 17.7 Å². The summed E-state index contributed by atoms with van der Waals surface area (Å²) in [6, 6.07) is 16.7. The second kappa shape index (κ2) is 7.32. The van der Waals surface area contributed by atoms with Crippen LogP contribution in [0.15, 0.2) is 53.7 Å². The summed E-state index contributed by atoms with van der Waals surface area (Å²) in [5.74, 6) is 0.331. The third-order valence-electron chi connectivity index (χ3n) is 2.87. The van der Waals surface area contributed by atoms with Crippen LogP contribution in [0.25, 0.3) is 0 Å². The molecular formula is C16H14ClN3O. The number of nitrogens with two attached hydrogens (primary N) is 1. The van der Waals surface area contributed by atoms with Crippen LogP contribution in [0, 0.1) is 11.3 Å². The maximum Gasteiger partial charge on any atom is 0.143 e. The van der Waals surface area contributed by atoms with Gasteiger partial charge in [-0.3, -0.25) is 0 Å². The van der Waals surface area contributed by atoms with Gasteiger partial charge in [0.15, 0.2) is 0 Å². The number of amidine groups is 1. The van der Waals surface area contributed by atoms with Gasteiger partial charge in [0.05, 0.1) is 11.6 Å². The molecule has 0 bridgehead atoms. The maximum atomic E-state index is 8.97. The van der Waals surface area contributed by atoms with Crippen LogP contribution in [0.1, 0.15) is 16.7 Å². The van der Waals surface area contributed by atoms with Gasteiger partial charge >= 0.3 is 0 Å². The molecule has 0 atom stereocenters. The Balaban J connectivity index is 1.95. The lowest BCUT2D eigenvalue weighted by molar-refractivity contribution is 0.129. The topological polar surface area (TPSA) is 71.4 Å². The zero-order chi connectivity index (χ0) is 15.1. The van der Waals surface area contributed by atoms with E-state index in [1.807, 2.05) is 30.3 Å². The van der Waals surface area contributed by atoms with Crippen molar-refractivity contribution < 1.29 is 4.84 Å². The molecule has 0 aliphatic carbocycles. The van der Waals surface area contributed by atoms with Crippen molar-refractivity contribution in [2.75, 3.05) is 0 Å². The summed E-state index contributed by atoms with van der Waals surface area (Å²) in [5.41, 5.74) is 8.04. The molecule has 5 heteroatoms. The van der Waals surface area contributed by atoms with Gasteiger partial charge in [0.25, 0.3) is 0 Å². The largest absolute Gasteiger partial charge is 0.389 e. The molecule has 0 unspecified atom stereocenters. The van der Waals surface area contributed by atoms with Crippen molar-refractivity contribution in [2.45, 2.75) is 13.0 Å². The van der Waals surface area contributed by atoms with Gasteiger partial charge in [0, 0.05) is 17.0 Å². The predicted octanol–water partition coefficient (Wildman–Crippen LogP) is 3.24. The highest BCUT2D eigenvalue weighted by Crippen LogP contribution is 2.15. The second-order valence-corrected chi connectivity index (χ2v) is 4.80. The number of halogens is 1. The van der Waals surface area contributed by atoms with E-state index in [1.165, 1.54) is 0 Å². The van der Waals surface area contributed by atoms with Gasteiger partial charge in [0.1, 0.15) is 12.4 Å². The fraction of sp³-hybridized carbons (Fsp3) is 0.125. The van der Waals surface area contributed by atoms with Crippen molar-refractivity contribution in [3.05, 3.63) is 70.2 Å². The quantitative estimate of drug-likeness (QED) is 0.523. The lowest BCUT2D eigenvalue weighted by Gasteiger charge is -2.05. The number of rotatable bonds is 5. The first-order valence-electron chi connectivity index (χ1n) is 6.36. The summed E-state index contributed by atoms with van der Waals surface area (Å²) >= 11 is 6.05. The first kappa shape index (κ1) is 14.9. The lowest BCUT2D eigenvalue weighted by atomic mass is 10.1. The van der Waals surface area contributed by atoms with Crippen LogP contribution in [0.4, 0.5) is 0 Å². The van der Waals surface area contributed by atoms with Gasteiger partial charge in [-0.25, -0.2) is 0 Å². The molecule has 0 spiro atoms. The predicted molar refractivity (Wildman–Crippen MR) is 82.7 cm³/mol. The Morgan fingerprint density at radius 1 is 1.14 bits per heavy atom. The molecule has 106 valence electrons. The highest BCUT2D eigenvalue weighted by molar-refractivity contribution is 6.31. The normalized spacial score (nSPS) is 11.0. The summed E-state index contributed by atoms with van der Waals surface area (Å²) in [5, 5.41) is 13.5. The molecule has 0 aliphatic heterocycles. The van der Waals surface area contributed by atoms with E-state index in [1.54, 1.807) is 18.2 Å². The van der Waals surface area contributed by atoms with E-state index in [0.29, 0.717) is 22.8 Å². The van der Waals surface area contributed by atoms with Crippen LogP contribution in [-0.4, -0.2) is 5.84 Å². The SMILES string of the molecule is N#Cc1ccccc1CON=C(N)Cc1ccccc1Cl. The molecule has 2 aromatic rings. The number of benzene rings is 2. The molecule has 2 N–H and O–H groups in total. The van der Waals surface area contributed by atoms with Crippen LogP contribution >= 0.6 is 11.6 Å². The first-order valence-corrected chi connectivity index (χ1v) is 6.74. The van der Waals surface area contributed by atoms with E-state index in [9.17, 15) is 0 Å². The Kier molecular flexibility index (Phi) is 5.19. The van der Waals surface area contributed by atoms with Gasteiger partial charge in [-0.2, -0.15) is 5.26 Å². The summed E-state index contributed by atoms with van der Waals surface area (Å²) in [6.07, 6.45) is 0.416. The van der Waals surface area contributed by atoms with Crippen LogP contribution in [0.5, 0.6) is 0 Å². The average molecular weight is 300 g/mol. The molecule has 0 amide bonds. The number of nitrogens with zero attached hydrogens (tertiary/aromatic N) is 2. The van der Waals surface area contributed by atoms with E-state index in [2.05, 4.69) is 11.2 Å². The summed E-state index contributed by atoms with van der Waals surface area (Å²) in [6.45, 7) is 0.201. The first-order chi connectivity index (χ1) is 10.2. The average Bonchev–Trinajstić information content (AvgIpc) is 2.50. The van der Waals surface area contributed by atoms with Gasteiger partial charge in [0.2, 0.25) is 0 Å². The standard InChI is InChI=1S/C16H14ClN3O/c17-15-8-4-3-5-12(15)9-16(19)20-21-11-14-7-2-1-6-13(14)10-18/h1-8H,9,11H2,(H2,19,20). The van der Waals surface area contributed by atoms with Crippen LogP contribution < -0.4 is 5.73 Å². The minimum absolute atomic E-state index is 0.201. The Hall–Kier alpha value is -2.51. The number of oxime groups is 1. The van der Waals surface area contributed by atoms with Gasteiger partial charge in [-0.15, -0.1) is 0 Å². The Morgan fingerprint density at radius 2 is 1.81 bits per heavy atom. The van der Waals surface area contributed by atoms with E-state index in [-0.39, 0.29) is 6.61 Å². The smallest absolute Gasteiger partial charge is 0.143 e. The van der Waals surface area contributed by atoms with E-state index in [0.717, 1.165) is 11.1 Å². The second-order valence-electron chi connectivity index (χ2n) is 4.39. The van der Waals surface area contributed by atoms with Crippen LogP contribution in [0.3, 0.4) is 0 Å². The molecule has 0 aliphatic rings. The van der Waals surface area contributed by atoms with Crippen molar-refractivity contribution in [3.8, 4) is 6.07 Å². The third-order valence-corrected chi connectivity index (χ3v) is 3.24. The highest BCUT2D eigenvalue weighted by atomic mass is 35.5. The van der Waals surface area contributed by atoms with Crippen molar-refractivity contribution in [1.29, 1.82) is 5.26 Å². The summed E-state index contributed by atoms with van der Waals surface area (Å²) < 4.78 is 0. The molecule has 0 radical (unpaired) electrons. The van der Waals surface area contributed by atoms with Crippen molar-refractivity contribution in [1.82, 2.24) is 0 Å². The molecule has 2 aromatic carbocycles. The molecule has 0 fully saturated rings. The summed E-state index contributed by atoms with van der Waals surface area (Å²) in [7, 11) is 0. The minimum atomic E-state index is 0.201. The Morgan fingerprint density at radius 3 is 2.52 bits per heavy atom. The monoisotopic (exact) mass is 299 g/mol. The van der Waals surface area contributed by atoms with E-state index in [4.69, 9.17) is 27.4 Å². The number of nitriles is 1. The Labute approximate surface area is 128 Å². The molecule has 0 saturated carbocycles. The van der Waals surface area contributed by atoms with Crippen molar-refractivity contribution in [2.24, 2.45) is 10.9 Å². The van der Waals surface area contributed by atoms with Crippen molar-refractivity contribution >= 4 is 17.4 Å². The fourth-order valence-electron chi connectivity index (χ4n) is 1.81. The van der Waals surface area contributed by atoms with Crippen LogP contribution in [0.2, 0.25) is 5.02 Å². The third kappa shape index (κ3) is 4.23. The zero-order valence-corrected chi connectivity index (χ0v) is 12.0. The van der Waals surface area contributed by atoms with Gasteiger partial charge in [-0.1, -0.05) is 53.2 Å². The van der Waals surface area contributed by atoms with Crippen LogP contribution in [-0.2, 0) is 17.9 Å².